The molecule has 0 aromatic heterocycles. The molecule has 0 N–H and O–H groups in total. The lowest BCUT2D eigenvalue weighted by Crippen LogP contribution is -2.35. The van der Waals surface area contributed by atoms with Crippen LogP contribution in [0, 0.1) is 10.1 Å². The molecule has 176 valence electrons. The van der Waals surface area contributed by atoms with Crippen LogP contribution in [0.1, 0.15) is 135 Å². The van der Waals surface area contributed by atoms with Crippen molar-refractivity contribution in [3.05, 3.63) is 10.1 Å². The minimum atomic E-state index is 1.00. The summed E-state index contributed by atoms with van der Waals surface area (Å²) in [5, 5.41) is 9.00. The number of hydrogen-bond acceptors (Lipinski definition) is 3. The summed E-state index contributed by atoms with van der Waals surface area (Å²) in [6, 6.07) is 0. The fourth-order valence-corrected chi connectivity index (χ4v) is 3.84. The monoisotopic (exact) mass is 414 g/mol. The third-order valence-corrected chi connectivity index (χ3v) is 5.68. The molecule has 0 saturated heterocycles. The van der Waals surface area contributed by atoms with E-state index in [1.807, 2.05) is 0 Å². The maximum atomic E-state index is 8.00. The molecule has 0 atom stereocenters. The molecule has 0 aromatic rings. The second-order valence-corrected chi connectivity index (χ2v) is 9.81. The van der Waals surface area contributed by atoms with Crippen LogP contribution in [0.3, 0.4) is 0 Å². The molecule has 0 aliphatic rings. The summed E-state index contributed by atoms with van der Waals surface area (Å²) in [5.41, 5.74) is 0. The van der Waals surface area contributed by atoms with Crippen LogP contribution in [-0.4, -0.2) is 32.2 Å². The van der Waals surface area contributed by atoms with Gasteiger partial charge in [0.25, 0.3) is 0 Å². The third kappa shape index (κ3) is 35.2. The Labute approximate surface area is 183 Å². The molecule has 0 heterocycles. The van der Waals surface area contributed by atoms with Gasteiger partial charge >= 0.3 is 0 Å². The van der Waals surface area contributed by atoms with Gasteiger partial charge in [-0.15, -0.1) is 5.34 Å². The smallest absolute Gasteiger partial charge is 0.0780 e. The topological polar surface area (TPSA) is 52.5 Å². The first-order chi connectivity index (χ1) is 14.0. The van der Waals surface area contributed by atoms with E-state index in [-0.39, 0.29) is 0 Å². The van der Waals surface area contributed by atoms with Crippen molar-refractivity contribution in [1.82, 2.24) is 0 Å². The lowest BCUT2D eigenvalue weighted by Gasteiger charge is -2.23. The van der Waals surface area contributed by atoms with Gasteiger partial charge in [-0.1, -0.05) is 122 Å². The number of hydrogen-bond donors (Lipinski definition) is 0. The molecule has 0 aromatic carbocycles. The van der Waals surface area contributed by atoms with Gasteiger partial charge in [0.2, 0.25) is 0 Å². The molecule has 0 radical (unpaired) electrons. The Bertz CT molecular complexity index is 304. The summed E-state index contributed by atoms with van der Waals surface area (Å²) in [4.78, 5) is 8.00. The van der Waals surface area contributed by atoms with Crippen LogP contribution in [0.15, 0.2) is 5.34 Å². The normalized spacial score (nSPS) is 11.2. The highest BCUT2D eigenvalue weighted by atomic mass is 16.6. The third-order valence-electron chi connectivity index (χ3n) is 5.68. The van der Waals surface area contributed by atoms with Gasteiger partial charge in [0.05, 0.1) is 27.7 Å². The Kier molecular flexibility index (Phi) is 26.8. The van der Waals surface area contributed by atoms with Gasteiger partial charge in [-0.2, -0.15) is 0 Å². The van der Waals surface area contributed by atoms with Crippen LogP contribution in [-0.2, 0) is 0 Å². The fraction of sp³-hybridized carbons (Fsp3) is 1.00. The SMILES string of the molecule is CCCCCCCCCCCCCCCCCCCCCC[N+](C)(C)C.O=N[O-]. The van der Waals surface area contributed by atoms with Gasteiger partial charge in [-0.25, -0.2) is 0 Å². The number of unbranched alkanes of at least 4 members (excludes halogenated alkanes) is 19. The Morgan fingerprint density at radius 1 is 0.517 bits per heavy atom. The average Bonchev–Trinajstić information content (AvgIpc) is 2.66. The molecular formula is C25H54N2O2. The zero-order valence-corrected chi connectivity index (χ0v) is 20.6. The predicted molar refractivity (Wildman–Crippen MR) is 130 cm³/mol. The van der Waals surface area contributed by atoms with E-state index in [0.29, 0.717) is 0 Å². The maximum absolute atomic E-state index is 8.00. The van der Waals surface area contributed by atoms with Crippen LogP contribution < -0.4 is 0 Å². The molecule has 4 heteroatoms. The lowest BCUT2D eigenvalue weighted by atomic mass is 10.0. The Balaban J connectivity index is 0. The molecule has 0 bridgehead atoms. The minimum Gasteiger partial charge on any atom is -0.444 e. The molecule has 4 nitrogen and oxygen atoms in total. The molecule has 0 fully saturated rings. The summed E-state index contributed by atoms with van der Waals surface area (Å²) >= 11 is 0. The van der Waals surface area contributed by atoms with Gasteiger partial charge in [0.15, 0.2) is 0 Å². The molecule has 0 rings (SSSR count). The number of nitrogens with zero attached hydrogens (tertiary/aromatic N) is 2. The van der Waals surface area contributed by atoms with E-state index in [1.54, 1.807) is 0 Å². The highest BCUT2D eigenvalue weighted by Crippen LogP contribution is 2.14. The summed E-state index contributed by atoms with van der Waals surface area (Å²) in [6.07, 6.45) is 29.3. The molecule has 29 heavy (non-hydrogen) atoms. The van der Waals surface area contributed by atoms with Crippen LogP contribution in [0.25, 0.3) is 0 Å². The zero-order valence-electron chi connectivity index (χ0n) is 20.6. The molecular weight excluding hydrogens is 360 g/mol. The van der Waals surface area contributed by atoms with Crippen molar-refractivity contribution in [2.24, 2.45) is 5.34 Å². The van der Waals surface area contributed by atoms with E-state index in [9.17, 15) is 0 Å². The highest BCUT2D eigenvalue weighted by Gasteiger charge is 2.04. The molecule has 0 aliphatic heterocycles. The van der Waals surface area contributed by atoms with E-state index in [2.05, 4.69) is 28.1 Å². The van der Waals surface area contributed by atoms with E-state index >= 15 is 0 Å². The molecule has 0 aliphatic carbocycles. The molecule has 0 spiro atoms. The lowest BCUT2D eigenvalue weighted by molar-refractivity contribution is -0.870. The van der Waals surface area contributed by atoms with Crippen LogP contribution in [0.2, 0.25) is 0 Å². The van der Waals surface area contributed by atoms with Crippen molar-refractivity contribution < 1.29 is 4.48 Å². The number of rotatable bonds is 21. The van der Waals surface area contributed by atoms with Crippen molar-refractivity contribution in [2.45, 2.75) is 135 Å². The average molecular weight is 415 g/mol. The standard InChI is InChI=1S/C25H54N.HNO2/c1-5-6-7-8-9-10-11-12-13-14-15-16-17-18-19-20-21-22-23-24-25-26(2,3)4;2-1-3/h5-25H2,1-4H3;(H,2,3)/q+1;/p-1. The first-order valence-electron chi connectivity index (χ1n) is 12.7. The van der Waals surface area contributed by atoms with E-state index in [1.165, 1.54) is 135 Å². The maximum Gasteiger partial charge on any atom is 0.0780 e. The van der Waals surface area contributed by atoms with Gasteiger partial charge in [-0.3, -0.25) is 0 Å². The van der Waals surface area contributed by atoms with Crippen molar-refractivity contribution in [3.63, 3.8) is 0 Å². The van der Waals surface area contributed by atoms with Crippen LogP contribution in [0.4, 0.5) is 0 Å². The summed E-state index contributed by atoms with van der Waals surface area (Å²) < 4.78 is 1.12. The first kappa shape index (κ1) is 30.6. The Morgan fingerprint density at radius 3 is 0.931 bits per heavy atom. The highest BCUT2D eigenvalue weighted by molar-refractivity contribution is 4.50. The van der Waals surface area contributed by atoms with Crippen LogP contribution in [0.5, 0.6) is 0 Å². The van der Waals surface area contributed by atoms with Gasteiger partial charge in [0.1, 0.15) is 0 Å². The van der Waals surface area contributed by atoms with Gasteiger partial charge < -0.3 is 14.6 Å². The number of quaternary nitrogens is 1. The summed E-state index contributed by atoms with van der Waals surface area (Å²) in [5.74, 6) is 0. The fourth-order valence-electron chi connectivity index (χ4n) is 3.84. The largest absolute Gasteiger partial charge is 0.444 e. The quantitative estimate of drug-likeness (QED) is 0.0815. The first-order valence-corrected chi connectivity index (χ1v) is 12.7. The summed E-state index contributed by atoms with van der Waals surface area (Å²) in [6.45, 7) is 3.63. The van der Waals surface area contributed by atoms with Crippen molar-refractivity contribution in [1.29, 1.82) is 0 Å². The molecule has 0 amide bonds. The van der Waals surface area contributed by atoms with Crippen LogP contribution >= 0.6 is 0 Å². The van der Waals surface area contributed by atoms with Gasteiger partial charge in [-0.05, 0) is 12.8 Å². The predicted octanol–water partition coefficient (Wildman–Crippen LogP) is 8.77. The second-order valence-electron chi connectivity index (χ2n) is 9.81. The Hall–Kier alpha value is -0.640. The molecule has 0 saturated carbocycles. The van der Waals surface area contributed by atoms with Crippen molar-refractivity contribution in [3.8, 4) is 0 Å². The Morgan fingerprint density at radius 2 is 0.724 bits per heavy atom. The zero-order chi connectivity index (χ0) is 22.1. The summed E-state index contributed by atoms with van der Waals surface area (Å²) in [7, 11) is 6.90. The molecule has 0 unspecified atom stereocenters. The van der Waals surface area contributed by atoms with E-state index < -0.39 is 0 Å². The van der Waals surface area contributed by atoms with E-state index in [0.717, 1.165) is 9.82 Å². The van der Waals surface area contributed by atoms with Crippen molar-refractivity contribution in [2.75, 3.05) is 27.7 Å². The van der Waals surface area contributed by atoms with E-state index in [4.69, 9.17) is 10.1 Å². The van der Waals surface area contributed by atoms with Crippen molar-refractivity contribution >= 4 is 0 Å². The minimum absolute atomic E-state index is 1.00. The second kappa shape index (κ2) is 25.4. The van der Waals surface area contributed by atoms with Gasteiger partial charge in [0, 0.05) is 0 Å².